The molecule has 4 heteroatoms. The van der Waals surface area contributed by atoms with Crippen molar-refractivity contribution >= 4 is 0 Å². The third kappa shape index (κ3) is 6.23. The predicted octanol–water partition coefficient (Wildman–Crippen LogP) is 2.09. The maximum atomic E-state index is 9.77. The second-order valence-electron chi connectivity index (χ2n) is 4.97. The molecule has 0 radical (unpaired) electrons. The Kier molecular flexibility index (Phi) is 6.94. The van der Waals surface area contributed by atoms with Gasteiger partial charge in [0.1, 0.15) is 11.8 Å². The van der Waals surface area contributed by atoms with Crippen LogP contribution in [0.2, 0.25) is 0 Å². The Morgan fingerprint density at radius 1 is 1.37 bits per heavy atom. The van der Waals surface area contributed by atoms with Crippen LogP contribution in [0.3, 0.4) is 0 Å². The molecule has 1 rings (SSSR count). The molecule has 1 aromatic carbocycles. The van der Waals surface area contributed by atoms with Gasteiger partial charge in [0.05, 0.1) is 6.10 Å². The number of ether oxygens (including phenoxy) is 1. The molecule has 0 aromatic heterocycles. The zero-order chi connectivity index (χ0) is 14.1. The summed E-state index contributed by atoms with van der Waals surface area (Å²) in [6.07, 6.45) is 0.465. The van der Waals surface area contributed by atoms with Gasteiger partial charge in [0, 0.05) is 18.7 Å². The predicted molar refractivity (Wildman–Crippen MR) is 74.7 cm³/mol. The van der Waals surface area contributed by atoms with Crippen LogP contribution in [-0.2, 0) is 6.54 Å². The van der Waals surface area contributed by atoms with E-state index < -0.39 is 0 Å². The van der Waals surface area contributed by atoms with Crippen LogP contribution in [0.5, 0.6) is 5.75 Å². The van der Waals surface area contributed by atoms with Crippen molar-refractivity contribution in [3.8, 4) is 11.8 Å². The molecular formula is C15H22N2O2. The van der Waals surface area contributed by atoms with Crippen molar-refractivity contribution < 1.29 is 9.84 Å². The lowest BCUT2D eigenvalue weighted by Gasteiger charge is -2.15. The van der Waals surface area contributed by atoms with Gasteiger partial charge in [-0.2, -0.15) is 5.26 Å². The van der Waals surface area contributed by atoms with Crippen LogP contribution >= 0.6 is 0 Å². The lowest BCUT2D eigenvalue weighted by Crippen LogP contribution is -2.27. The molecule has 0 aliphatic rings. The maximum absolute atomic E-state index is 9.77. The van der Waals surface area contributed by atoms with Gasteiger partial charge in [0.25, 0.3) is 0 Å². The van der Waals surface area contributed by atoms with Gasteiger partial charge in [-0.1, -0.05) is 32.0 Å². The zero-order valence-electron chi connectivity index (χ0n) is 11.6. The third-order valence-corrected chi connectivity index (χ3v) is 2.70. The molecule has 1 aromatic rings. The first kappa shape index (κ1) is 15.5. The van der Waals surface area contributed by atoms with Gasteiger partial charge in [-0.3, -0.25) is 0 Å². The van der Waals surface area contributed by atoms with Gasteiger partial charge in [0.15, 0.2) is 6.61 Å². The Balaban J connectivity index is 2.42. The highest BCUT2D eigenvalue weighted by molar-refractivity contribution is 5.33. The molecule has 19 heavy (non-hydrogen) atoms. The lowest BCUT2D eigenvalue weighted by molar-refractivity contribution is 0.146. The molecule has 0 bridgehead atoms. The Morgan fingerprint density at radius 3 is 2.79 bits per heavy atom. The first-order valence-electron chi connectivity index (χ1n) is 6.60. The van der Waals surface area contributed by atoms with E-state index in [1.807, 2.05) is 30.3 Å². The van der Waals surface area contributed by atoms with E-state index >= 15 is 0 Å². The summed E-state index contributed by atoms with van der Waals surface area (Å²) in [6.45, 7) is 5.41. The average Bonchev–Trinajstić information content (AvgIpc) is 2.36. The third-order valence-electron chi connectivity index (χ3n) is 2.70. The minimum atomic E-state index is -0.327. The van der Waals surface area contributed by atoms with E-state index in [0.29, 0.717) is 19.0 Å². The monoisotopic (exact) mass is 262 g/mol. The fraction of sp³-hybridized carbons (Fsp3) is 0.533. The molecule has 104 valence electrons. The first-order valence-corrected chi connectivity index (χ1v) is 6.60. The highest BCUT2D eigenvalue weighted by atomic mass is 16.5. The van der Waals surface area contributed by atoms with E-state index in [0.717, 1.165) is 17.7 Å². The Labute approximate surface area is 115 Å². The number of nitriles is 1. The molecule has 0 fully saturated rings. The van der Waals surface area contributed by atoms with Crippen LogP contribution in [0.1, 0.15) is 25.8 Å². The number of aliphatic hydroxyl groups excluding tert-OH is 1. The molecule has 2 N–H and O–H groups in total. The molecular weight excluding hydrogens is 240 g/mol. The van der Waals surface area contributed by atoms with Crippen molar-refractivity contribution in [3.63, 3.8) is 0 Å². The summed E-state index contributed by atoms with van der Waals surface area (Å²) in [5, 5.41) is 21.5. The minimum absolute atomic E-state index is 0.0486. The number of nitrogens with one attached hydrogen (secondary N) is 1. The van der Waals surface area contributed by atoms with E-state index in [2.05, 4.69) is 19.2 Å². The minimum Gasteiger partial charge on any atom is -0.478 e. The summed E-state index contributed by atoms with van der Waals surface area (Å²) in [5.74, 6) is 1.21. The molecule has 0 aliphatic heterocycles. The Hall–Kier alpha value is -1.57. The van der Waals surface area contributed by atoms with Crippen molar-refractivity contribution in [2.45, 2.75) is 32.9 Å². The van der Waals surface area contributed by atoms with Crippen LogP contribution in [0.15, 0.2) is 24.3 Å². The van der Waals surface area contributed by atoms with Crippen LogP contribution in [0.25, 0.3) is 0 Å². The number of hydrogen-bond acceptors (Lipinski definition) is 4. The normalized spacial score (nSPS) is 12.2. The molecule has 1 unspecified atom stereocenters. The highest BCUT2D eigenvalue weighted by Crippen LogP contribution is 2.17. The first-order chi connectivity index (χ1) is 9.13. The van der Waals surface area contributed by atoms with Crippen LogP contribution < -0.4 is 10.1 Å². The van der Waals surface area contributed by atoms with E-state index in [1.54, 1.807) is 0 Å². The summed E-state index contributed by atoms with van der Waals surface area (Å²) in [5.41, 5.74) is 0.995. The smallest absolute Gasteiger partial charge is 0.174 e. The van der Waals surface area contributed by atoms with Gasteiger partial charge in [-0.25, -0.2) is 0 Å². The van der Waals surface area contributed by atoms with Crippen molar-refractivity contribution in [1.82, 2.24) is 5.32 Å². The van der Waals surface area contributed by atoms with Gasteiger partial charge in [-0.15, -0.1) is 0 Å². The quantitative estimate of drug-likeness (QED) is 0.753. The Bertz CT molecular complexity index is 413. The summed E-state index contributed by atoms with van der Waals surface area (Å²) in [7, 11) is 0. The van der Waals surface area contributed by atoms with Crippen LogP contribution in [0, 0.1) is 17.2 Å². The van der Waals surface area contributed by atoms with Crippen molar-refractivity contribution in [3.05, 3.63) is 29.8 Å². The van der Waals surface area contributed by atoms with E-state index in [4.69, 9.17) is 10.00 Å². The molecule has 1 atom stereocenters. The molecule has 0 saturated carbocycles. The van der Waals surface area contributed by atoms with Crippen molar-refractivity contribution in [2.75, 3.05) is 13.2 Å². The zero-order valence-corrected chi connectivity index (χ0v) is 11.6. The fourth-order valence-electron chi connectivity index (χ4n) is 1.90. The number of para-hydroxylation sites is 1. The lowest BCUT2D eigenvalue weighted by atomic mass is 10.1. The average molecular weight is 262 g/mol. The molecule has 0 heterocycles. The number of hydrogen-bond donors (Lipinski definition) is 2. The van der Waals surface area contributed by atoms with Crippen molar-refractivity contribution in [1.29, 1.82) is 5.26 Å². The van der Waals surface area contributed by atoms with Gasteiger partial charge < -0.3 is 15.2 Å². The summed E-state index contributed by atoms with van der Waals surface area (Å²) in [4.78, 5) is 0. The SMILES string of the molecule is CC(C)CC(O)CNCc1ccccc1OCC#N. The van der Waals surface area contributed by atoms with Crippen LogP contribution in [-0.4, -0.2) is 24.4 Å². The highest BCUT2D eigenvalue weighted by Gasteiger charge is 2.07. The molecule has 0 spiro atoms. The van der Waals surface area contributed by atoms with Gasteiger partial charge in [-0.05, 0) is 18.4 Å². The fourth-order valence-corrected chi connectivity index (χ4v) is 1.90. The van der Waals surface area contributed by atoms with E-state index in [-0.39, 0.29) is 12.7 Å². The van der Waals surface area contributed by atoms with E-state index in [9.17, 15) is 5.11 Å². The van der Waals surface area contributed by atoms with Gasteiger partial charge in [0.2, 0.25) is 0 Å². The molecule has 4 nitrogen and oxygen atoms in total. The largest absolute Gasteiger partial charge is 0.478 e. The maximum Gasteiger partial charge on any atom is 0.174 e. The second kappa shape index (κ2) is 8.52. The molecule has 0 aliphatic carbocycles. The second-order valence-corrected chi connectivity index (χ2v) is 4.97. The number of benzene rings is 1. The van der Waals surface area contributed by atoms with Crippen LogP contribution in [0.4, 0.5) is 0 Å². The molecule has 0 amide bonds. The number of aliphatic hydroxyl groups is 1. The van der Waals surface area contributed by atoms with E-state index in [1.165, 1.54) is 0 Å². The van der Waals surface area contributed by atoms with Gasteiger partial charge >= 0.3 is 0 Å². The summed E-state index contributed by atoms with van der Waals surface area (Å²) < 4.78 is 5.34. The Morgan fingerprint density at radius 2 is 2.11 bits per heavy atom. The standard InChI is InChI=1S/C15H22N2O2/c1-12(2)9-14(18)11-17-10-13-5-3-4-6-15(13)19-8-7-16/h3-6,12,14,17-18H,8-11H2,1-2H3. The van der Waals surface area contributed by atoms with Crippen molar-refractivity contribution in [2.24, 2.45) is 5.92 Å². The summed E-state index contributed by atoms with van der Waals surface area (Å²) in [6, 6.07) is 9.57. The summed E-state index contributed by atoms with van der Waals surface area (Å²) >= 11 is 0. The molecule has 0 saturated heterocycles. The number of nitrogens with zero attached hydrogens (tertiary/aromatic N) is 1. The topological polar surface area (TPSA) is 65.3 Å². The number of rotatable bonds is 8.